The van der Waals surface area contributed by atoms with Gasteiger partial charge in [0.05, 0.1) is 11.7 Å². The normalized spacial score (nSPS) is 20.8. The van der Waals surface area contributed by atoms with Crippen LogP contribution in [0.5, 0.6) is 0 Å². The van der Waals surface area contributed by atoms with Gasteiger partial charge in [-0.1, -0.05) is 48.5 Å². The fourth-order valence-electron chi connectivity index (χ4n) is 3.89. The number of hydrogen-bond donors (Lipinski definition) is 1. The van der Waals surface area contributed by atoms with Crippen LogP contribution in [0.25, 0.3) is 10.9 Å². The van der Waals surface area contributed by atoms with E-state index in [4.69, 9.17) is 0 Å². The van der Waals surface area contributed by atoms with Gasteiger partial charge in [0, 0.05) is 43.2 Å². The lowest BCUT2D eigenvalue weighted by Crippen LogP contribution is -2.45. The number of aromatic nitrogens is 1. The Morgan fingerprint density at radius 1 is 1.08 bits per heavy atom. The van der Waals surface area contributed by atoms with Crippen LogP contribution in [-0.2, 0) is 7.05 Å². The van der Waals surface area contributed by atoms with Gasteiger partial charge in [-0.3, -0.25) is 4.79 Å². The third kappa shape index (κ3) is 2.83. The lowest BCUT2D eigenvalue weighted by atomic mass is 9.87. The van der Waals surface area contributed by atoms with Crippen molar-refractivity contribution in [2.24, 2.45) is 7.05 Å². The van der Waals surface area contributed by atoms with Crippen LogP contribution in [0, 0.1) is 0 Å². The van der Waals surface area contributed by atoms with Crippen LogP contribution in [0.4, 0.5) is 0 Å². The van der Waals surface area contributed by atoms with Gasteiger partial charge in [0.25, 0.3) is 5.91 Å². The molecule has 1 N–H and O–H groups in total. The molecule has 0 saturated carbocycles. The van der Waals surface area contributed by atoms with E-state index in [1.165, 1.54) is 0 Å². The van der Waals surface area contributed by atoms with E-state index < -0.39 is 6.10 Å². The molecule has 1 saturated heterocycles. The summed E-state index contributed by atoms with van der Waals surface area (Å²) in [6.45, 7) is 1.04. The fraction of sp³-hybridized carbons (Fsp3) is 0.286. The SMILES string of the molecule is Cn1cc(C(=O)N2CC[C@@H](c3ccccc3)[C@H](O)C2)c2ccccc21. The Balaban J connectivity index is 1.56. The number of piperidine rings is 1. The summed E-state index contributed by atoms with van der Waals surface area (Å²) in [4.78, 5) is 14.8. The van der Waals surface area contributed by atoms with Gasteiger partial charge in [-0.2, -0.15) is 0 Å². The molecule has 0 bridgehead atoms. The van der Waals surface area contributed by atoms with Crippen LogP contribution >= 0.6 is 0 Å². The highest BCUT2D eigenvalue weighted by Gasteiger charge is 2.32. The summed E-state index contributed by atoms with van der Waals surface area (Å²) in [7, 11) is 1.95. The molecule has 3 aromatic rings. The fourth-order valence-corrected chi connectivity index (χ4v) is 3.89. The molecule has 2 atom stereocenters. The van der Waals surface area contributed by atoms with E-state index >= 15 is 0 Å². The van der Waals surface area contributed by atoms with Gasteiger partial charge in [0.15, 0.2) is 0 Å². The Morgan fingerprint density at radius 3 is 2.56 bits per heavy atom. The number of aliphatic hydroxyl groups excluding tert-OH is 1. The van der Waals surface area contributed by atoms with Crippen molar-refractivity contribution in [1.29, 1.82) is 0 Å². The number of aryl methyl sites for hydroxylation is 1. The second kappa shape index (κ2) is 6.37. The summed E-state index contributed by atoms with van der Waals surface area (Å²) < 4.78 is 1.98. The quantitative estimate of drug-likeness (QED) is 0.782. The number of carbonyl (C=O) groups is 1. The van der Waals surface area contributed by atoms with Crippen molar-refractivity contribution >= 4 is 16.8 Å². The minimum absolute atomic E-state index is 0.00219. The first-order valence-electron chi connectivity index (χ1n) is 8.71. The largest absolute Gasteiger partial charge is 0.391 e. The van der Waals surface area contributed by atoms with Crippen LogP contribution in [0.1, 0.15) is 28.3 Å². The number of nitrogens with zero attached hydrogens (tertiary/aromatic N) is 2. The average Bonchev–Trinajstić information content (AvgIpc) is 2.99. The lowest BCUT2D eigenvalue weighted by Gasteiger charge is -2.36. The maximum absolute atomic E-state index is 13.0. The molecule has 128 valence electrons. The van der Waals surface area contributed by atoms with Crippen molar-refractivity contribution < 1.29 is 9.90 Å². The Bertz CT molecular complexity index is 901. The number of likely N-dealkylation sites (tertiary alicyclic amines) is 1. The minimum Gasteiger partial charge on any atom is -0.391 e. The first-order chi connectivity index (χ1) is 12.1. The van der Waals surface area contributed by atoms with Crippen LogP contribution in [0.3, 0.4) is 0 Å². The molecule has 0 unspecified atom stereocenters. The summed E-state index contributed by atoms with van der Waals surface area (Å²) >= 11 is 0. The highest BCUT2D eigenvalue weighted by atomic mass is 16.3. The molecule has 0 spiro atoms. The van der Waals surface area contributed by atoms with Gasteiger partial charge >= 0.3 is 0 Å². The molecule has 1 aliphatic rings. The van der Waals surface area contributed by atoms with Crippen LogP contribution in [0.15, 0.2) is 60.8 Å². The van der Waals surface area contributed by atoms with E-state index in [9.17, 15) is 9.90 Å². The second-order valence-electron chi connectivity index (χ2n) is 6.80. The number of rotatable bonds is 2. The number of para-hydroxylation sites is 1. The lowest BCUT2D eigenvalue weighted by molar-refractivity contribution is 0.0383. The molecule has 2 aromatic carbocycles. The van der Waals surface area contributed by atoms with Gasteiger partial charge in [0.2, 0.25) is 0 Å². The standard InChI is InChI=1S/C21H22N2O2/c1-22-13-18(17-9-5-6-10-19(17)22)21(25)23-12-11-16(20(24)14-23)15-7-3-2-4-8-15/h2-10,13,16,20,24H,11-12,14H2,1H3/t16-,20+/m0/s1. The molecule has 1 aliphatic heterocycles. The van der Waals surface area contributed by atoms with Gasteiger partial charge < -0.3 is 14.6 Å². The predicted molar refractivity (Wildman–Crippen MR) is 98.6 cm³/mol. The number of benzene rings is 2. The van der Waals surface area contributed by atoms with Gasteiger partial charge in [-0.25, -0.2) is 0 Å². The van der Waals surface area contributed by atoms with Crippen molar-refractivity contribution in [2.75, 3.05) is 13.1 Å². The molecule has 0 radical (unpaired) electrons. The van der Waals surface area contributed by atoms with E-state index in [0.717, 1.165) is 22.9 Å². The Kier molecular flexibility index (Phi) is 4.06. The van der Waals surface area contributed by atoms with Crippen LogP contribution in [-0.4, -0.2) is 39.7 Å². The van der Waals surface area contributed by atoms with Gasteiger partial charge in [-0.15, -0.1) is 0 Å². The van der Waals surface area contributed by atoms with E-state index in [1.807, 2.05) is 60.3 Å². The molecular weight excluding hydrogens is 312 g/mol. The van der Waals surface area contributed by atoms with E-state index in [1.54, 1.807) is 4.90 Å². The zero-order valence-corrected chi connectivity index (χ0v) is 14.3. The smallest absolute Gasteiger partial charge is 0.256 e. The van der Waals surface area contributed by atoms with Gasteiger partial charge in [0.1, 0.15) is 0 Å². The van der Waals surface area contributed by atoms with E-state index in [0.29, 0.717) is 18.7 Å². The Labute approximate surface area is 147 Å². The third-order valence-electron chi connectivity index (χ3n) is 5.22. The third-order valence-corrected chi connectivity index (χ3v) is 5.22. The predicted octanol–water partition coefficient (Wildman–Crippen LogP) is 3.17. The maximum Gasteiger partial charge on any atom is 0.256 e. The van der Waals surface area contributed by atoms with Crippen molar-refractivity contribution in [3.05, 3.63) is 71.9 Å². The van der Waals surface area contributed by atoms with Crippen molar-refractivity contribution in [2.45, 2.75) is 18.4 Å². The zero-order chi connectivity index (χ0) is 17.4. The highest BCUT2D eigenvalue weighted by molar-refractivity contribution is 6.07. The molecule has 4 nitrogen and oxygen atoms in total. The topological polar surface area (TPSA) is 45.5 Å². The first kappa shape index (κ1) is 15.9. The number of fused-ring (bicyclic) bond motifs is 1. The molecular formula is C21H22N2O2. The first-order valence-corrected chi connectivity index (χ1v) is 8.71. The molecule has 25 heavy (non-hydrogen) atoms. The molecule has 4 rings (SSSR count). The number of carbonyl (C=O) groups excluding carboxylic acids is 1. The van der Waals surface area contributed by atoms with Crippen molar-refractivity contribution in [3.8, 4) is 0 Å². The minimum atomic E-state index is -0.532. The van der Waals surface area contributed by atoms with Crippen LogP contribution < -0.4 is 0 Å². The number of aliphatic hydroxyl groups is 1. The van der Waals surface area contributed by atoms with Crippen molar-refractivity contribution in [3.63, 3.8) is 0 Å². The Hall–Kier alpha value is -2.59. The average molecular weight is 334 g/mol. The summed E-state index contributed by atoms with van der Waals surface area (Å²) in [6, 6.07) is 18.0. The highest BCUT2D eigenvalue weighted by Crippen LogP contribution is 2.30. The summed E-state index contributed by atoms with van der Waals surface area (Å²) in [5.41, 5.74) is 2.90. The molecule has 1 amide bonds. The number of hydrogen-bond acceptors (Lipinski definition) is 2. The van der Waals surface area contributed by atoms with Crippen molar-refractivity contribution in [1.82, 2.24) is 9.47 Å². The van der Waals surface area contributed by atoms with Gasteiger partial charge in [-0.05, 0) is 18.1 Å². The second-order valence-corrected chi connectivity index (χ2v) is 6.80. The summed E-state index contributed by atoms with van der Waals surface area (Å²) in [5, 5.41) is 11.6. The molecule has 4 heteroatoms. The molecule has 1 fully saturated rings. The Morgan fingerprint density at radius 2 is 1.80 bits per heavy atom. The molecule has 1 aromatic heterocycles. The van der Waals surface area contributed by atoms with E-state index in [-0.39, 0.29) is 11.8 Å². The zero-order valence-electron chi connectivity index (χ0n) is 14.3. The number of amides is 1. The van der Waals surface area contributed by atoms with E-state index in [2.05, 4.69) is 12.1 Å². The summed E-state index contributed by atoms with van der Waals surface area (Å²) in [6.07, 6.45) is 2.14. The molecule has 0 aliphatic carbocycles. The monoisotopic (exact) mass is 334 g/mol. The number of β-amino-alcohol motifs (C(OH)–C–C–N with tert-alkyl or cyclic N) is 1. The maximum atomic E-state index is 13.0. The summed E-state index contributed by atoms with van der Waals surface area (Å²) in [5.74, 6) is 0.0973. The van der Waals surface area contributed by atoms with Crippen LogP contribution in [0.2, 0.25) is 0 Å². The molecule has 2 heterocycles.